The highest BCUT2D eigenvalue weighted by Gasteiger charge is 2.54. The van der Waals surface area contributed by atoms with Crippen molar-refractivity contribution in [3.63, 3.8) is 0 Å². The zero-order valence-corrected chi connectivity index (χ0v) is 13.4. The van der Waals surface area contributed by atoms with Crippen LogP contribution in [0.1, 0.15) is 30.4 Å². The number of hydrogen-bond acceptors (Lipinski definition) is 1. The first-order valence-electron chi connectivity index (χ1n) is 8.19. The summed E-state index contributed by atoms with van der Waals surface area (Å²) in [5.41, 5.74) is 2.67. The Labute approximate surface area is 137 Å². The number of hydrogen-bond donors (Lipinski definition) is 0. The molecule has 0 N–H and O–H groups in total. The molecule has 3 atom stereocenters. The third-order valence-corrected chi connectivity index (χ3v) is 5.93. The molecule has 1 saturated heterocycles. The van der Waals surface area contributed by atoms with E-state index in [4.69, 9.17) is 16.3 Å². The molecule has 1 saturated carbocycles. The maximum atomic E-state index is 6.59. The van der Waals surface area contributed by atoms with Crippen molar-refractivity contribution in [2.45, 2.75) is 36.2 Å². The van der Waals surface area contributed by atoms with E-state index in [0.29, 0.717) is 5.92 Å². The van der Waals surface area contributed by atoms with E-state index in [-0.39, 0.29) is 16.9 Å². The molecule has 0 unspecified atom stereocenters. The fourth-order valence-corrected chi connectivity index (χ4v) is 4.83. The van der Waals surface area contributed by atoms with Gasteiger partial charge in [-0.05, 0) is 24.0 Å². The van der Waals surface area contributed by atoms with Crippen LogP contribution in [0.4, 0.5) is 0 Å². The van der Waals surface area contributed by atoms with Crippen LogP contribution >= 0.6 is 11.6 Å². The first kappa shape index (κ1) is 14.3. The van der Waals surface area contributed by atoms with Crippen LogP contribution in [0.15, 0.2) is 60.7 Å². The molecule has 0 amide bonds. The number of alkyl halides is 1. The SMILES string of the molecule is Cl[C@H]1CCC[C@H]2[C@@H]1OCC2(c1ccccc1)c1ccccc1. The highest BCUT2D eigenvalue weighted by Crippen LogP contribution is 2.52. The second-order valence-electron chi connectivity index (χ2n) is 6.53. The highest BCUT2D eigenvalue weighted by atomic mass is 35.5. The molecule has 2 fully saturated rings. The quantitative estimate of drug-likeness (QED) is 0.725. The van der Waals surface area contributed by atoms with Crippen molar-refractivity contribution in [2.75, 3.05) is 6.61 Å². The number of ether oxygens (including phenoxy) is 1. The van der Waals surface area contributed by atoms with Gasteiger partial charge in [-0.2, -0.15) is 0 Å². The summed E-state index contributed by atoms with van der Waals surface area (Å²) in [5, 5.41) is 0.146. The van der Waals surface area contributed by atoms with Crippen LogP contribution in [0.2, 0.25) is 0 Å². The fourth-order valence-electron chi connectivity index (χ4n) is 4.43. The molecular formula is C20H21ClO. The average Bonchev–Trinajstić information content (AvgIpc) is 2.98. The number of benzene rings is 2. The van der Waals surface area contributed by atoms with Crippen molar-refractivity contribution in [1.29, 1.82) is 0 Å². The van der Waals surface area contributed by atoms with Crippen molar-refractivity contribution in [1.82, 2.24) is 0 Å². The van der Waals surface area contributed by atoms with Crippen LogP contribution in [0.5, 0.6) is 0 Å². The summed E-state index contributed by atoms with van der Waals surface area (Å²) in [7, 11) is 0. The molecule has 1 nitrogen and oxygen atoms in total. The first-order valence-corrected chi connectivity index (χ1v) is 8.63. The summed E-state index contributed by atoms with van der Waals surface area (Å²) < 4.78 is 6.26. The summed E-state index contributed by atoms with van der Waals surface area (Å²) >= 11 is 6.59. The molecule has 22 heavy (non-hydrogen) atoms. The maximum Gasteiger partial charge on any atom is 0.0779 e. The van der Waals surface area contributed by atoms with E-state index in [0.717, 1.165) is 13.0 Å². The molecule has 1 aliphatic heterocycles. The van der Waals surface area contributed by atoms with Crippen molar-refractivity contribution in [2.24, 2.45) is 5.92 Å². The zero-order chi connectivity index (χ0) is 15.0. The summed E-state index contributed by atoms with van der Waals surface area (Å²) in [5.74, 6) is 0.466. The summed E-state index contributed by atoms with van der Waals surface area (Å²) in [6.45, 7) is 0.736. The Kier molecular flexibility index (Phi) is 3.71. The van der Waals surface area contributed by atoms with Gasteiger partial charge in [0.1, 0.15) is 0 Å². The molecule has 0 bridgehead atoms. The molecule has 4 rings (SSSR count). The Morgan fingerprint density at radius 3 is 2.05 bits per heavy atom. The van der Waals surface area contributed by atoms with Crippen LogP contribution in [0, 0.1) is 5.92 Å². The van der Waals surface area contributed by atoms with Gasteiger partial charge in [0.2, 0.25) is 0 Å². The fraction of sp³-hybridized carbons (Fsp3) is 0.400. The van der Waals surface area contributed by atoms with E-state index >= 15 is 0 Å². The van der Waals surface area contributed by atoms with E-state index < -0.39 is 0 Å². The van der Waals surface area contributed by atoms with Crippen LogP contribution < -0.4 is 0 Å². The monoisotopic (exact) mass is 312 g/mol. The lowest BCUT2D eigenvalue weighted by Gasteiger charge is -2.40. The van der Waals surface area contributed by atoms with Crippen molar-refractivity contribution < 1.29 is 4.74 Å². The summed E-state index contributed by atoms with van der Waals surface area (Å²) in [4.78, 5) is 0. The third kappa shape index (κ3) is 2.11. The largest absolute Gasteiger partial charge is 0.375 e. The molecule has 0 aromatic heterocycles. The Hall–Kier alpha value is -1.31. The van der Waals surface area contributed by atoms with Crippen LogP contribution in [0.25, 0.3) is 0 Å². The van der Waals surface area contributed by atoms with Gasteiger partial charge < -0.3 is 4.74 Å². The standard InChI is InChI=1S/C20H21ClO/c21-18-13-7-12-17-19(18)22-14-20(17,15-8-3-1-4-9-15)16-10-5-2-6-11-16/h1-6,8-11,17-19H,7,12-14H2/t17-,18-,19-/m0/s1. The van der Waals surface area contributed by atoms with Crippen molar-refractivity contribution in [3.05, 3.63) is 71.8 Å². The average molecular weight is 313 g/mol. The normalized spacial score (nSPS) is 30.0. The Morgan fingerprint density at radius 2 is 1.45 bits per heavy atom. The molecule has 2 aromatic carbocycles. The third-order valence-electron chi connectivity index (χ3n) is 5.46. The smallest absolute Gasteiger partial charge is 0.0779 e. The molecule has 0 spiro atoms. The van der Waals surface area contributed by atoms with Crippen molar-refractivity contribution in [3.8, 4) is 0 Å². The van der Waals surface area contributed by atoms with Crippen LogP contribution in [-0.4, -0.2) is 18.1 Å². The van der Waals surface area contributed by atoms with Gasteiger partial charge >= 0.3 is 0 Å². The number of rotatable bonds is 2. The molecular weight excluding hydrogens is 292 g/mol. The second kappa shape index (κ2) is 5.72. The Morgan fingerprint density at radius 1 is 0.864 bits per heavy atom. The predicted octanol–water partition coefficient (Wildman–Crippen LogP) is 4.78. The van der Waals surface area contributed by atoms with E-state index in [1.165, 1.54) is 24.0 Å². The molecule has 0 radical (unpaired) electrons. The lowest BCUT2D eigenvalue weighted by molar-refractivity contribution is 0.0697. The van der Waals surface area contributed by atoms with E-state index in [9.17, 15) is 0 Å². The minimum Gasteiger partial charge on any atom is -0.375 e. The van der Waals surface area contributed by atoms with Gasteiger partial charge in [-0.3, -0.25) is 0 Å². The molecule has 1 heterocycles. The minimum atomic E-state index is -0.0548. The van der Waals surface area contributed by atoms with E-state index in [1.807, 2.05) is 0 Å². The molecule has 114 valence electrons. The van der Waals surface area contributed by atoms with E-state index in [2.05, 4.69) is 60.7 Å². The maximum absolute atomic E-state index is 6.59. The van der Waals surface area contributed by atoms with Gasteiger partial charge in [0.05, 0.1) is 18.1 Å². The van der Waals surface area contributed by atoms with Crippen molar-refractivity contribution >= 4 is 11.6 Å². The highest BCUT2D eigenvalue weighted by molar-refractivity contribution is 6.21. The molecule has 2 heteroatoms. The number of fused-ring (bicyclic) bond motifs is 1. The number of halogens is 1. The van der Waals surface area contributed by atoms with Gasteiger partial charge in [-0.1, -0.05) is 67.1 Å². The zero-order valence-electron chi connectivity index (χ0n) is 12.6. The molecule has 2 aliphatic rings. The van der Waals surface area contributed by atoms with Crippen LogP contribution in [-0.2, 0) is 10.2 Å². The predicted molar refractivity (Wildman–Crippen MR) is 90.4 cm³/mol. The lowest BCUT2D eigenvalue weighted by atomic mass is 9.63. The van der Waals surface area contributed by atoms with Gasteiger partial charge in [0.15, 0.2) is 0 Å². The topological polar surface area (TPSA) is 9.23 Å². The Balaban J connectivity index is 1.87. The van der Waals surface area contributed by atoms with Gasteiger partial charge in [0, 0.05) is 11.3 Å². The van der Waals surface area contributed by atoms with Gasteiger partial charge in [-0.15, -0.1) is 11.6 Å². The lowest BCUT2D eigenvalue weighted by Crippen LogP contribution is -2.42. The first-order chi connectivity index (χ1) is 10.8. The molecule has 2 aromatic rings. The summed E-state index contributed by atoms with van der Waals surface area (Å²) in [6.07, 6.45) is 3.64. The van der Waals surface area contributed by atoms with E-state index in [1.54, 1.807) is 0 Å². The Bertz CT molecular complexity index is 585. The second-order valence-corrected chi connectivity index (χ2v) is 7.09. The van der Waals surface area contributed by atoms with Gasteiger partial charge in [0.25, 0.3) is 0 Å². The minimum absolute atomic E-state index is 0.0548. The molecule has 1 aliphatic carbocycles. The van der Waals surface area contributed by atoms with Crippen LogP contribution in [0.3, 0.4) is 0 Å². The summed E-state index contributed by atoms with van der Waals surface area (Å²) in [6, 6.07) is 21.7. The van der Waals surface area contributed by atoms with Gasteiger partial charge in [-0.25, -0.2) is 0 Å².